The van der Waals surface area contributed by atoms with Gasteiger partial charge in [0.1, 0.15) is 24.4 Å². The van der Waals surface area contributed by atoms with E-state index in [9.17, 15) is 10.2 Å². The van der Waals surface area contributed by atoms with Crippen molar-refractivity contribution in [2.45, 2.75) is 30.7 Å². The third-order valence-corrected chi connectivity index (χ3v) is 2.33. The summed E-state index contributed by atoms with van der Waals surface area (Å²) in [5.74, 6) is 0. The molecule has 0 aromatic carbocycles. The first-order valence-corrected chi connectivity index (χ1v) is 4.33. The smallest absolute Gasteiger partial charge is 0.186 e. The standard InChI is InChI=1S/C8H16O6/c1-12-7-4(3-9)14-8(13-2)6(11)5(7)10/h4-11H,3H2,1-2H3/t4-,5-,6-,7-,8+/m1/s1. The molecule has 0 aromatic heterocycles. The molecule has 0 unspecified atom stereocenters. The Labute approximate surface area is 82.0 Å². The first-order chi connectivity index (χ1) is 6.65. The van der Waals surface area contributed by atoms with Crippen molar-refractivity contribution in [3.63, 3.8) is 0 Å². The van der Waals surface area contributed by atoms with Crippen LogP contribution in [0.1, 0.15) is 0 Å². The minimum absolute atomic E-state index is 0.303. The molecule has 6 heteroatoms. The van der Waals surface area contributed by atoms with Gasteiger partial charge in [0.2, 0.25) is 0 Å². The Morgan fingerprint density at radius 2 is 1.79 bits per heavy atom. The Hall–Kier alpha value is -0.240. The van der Waals surface area contributed by atoms with Gasteiger partial charge in [-0.3, -0.25) is 0 Å². The van der Waals surface area contributed by atoms with E-state index >= 15 is 0 Å². The summed E-state index contributed by atoms with van der Waals surface area (Å²) >= 11 is 0. The SMILES string of the molecule is CO[C@H]1O[C@H](CO)[C@@H](OC)[C@H](O)[C@H]1O. The summed E-state index contributed by atoms with van der Waals surface area (Å²) in [5, 5.41) is 28.0. The lowest BCUT2D eigenvalue weighted by molar-refractivity contribution is -0.298. The number of hydrogen-bond acceptors (Lipinski definition) is 6. The molecule has 0 aromatic rings. The molecule has 1 heterocycles. The lowest BCUT2D eigenvalue weighted by Gasteiger charge is -2.40. The molecule has 0 saturated carbocycles. The number of hydrogen-bond donors (Lipinski definition) is 3. The van der Waals surface area contributed by atoms with Crippen molar-refractivity contribution in [1.29, 1.82) is 0 Å². The number of rotatable bonds is 3. The fourth-order valence-electron chi connectivity index (χ4n) is 1.54. The second-order valence-electron chi connectivity index (χ2n) is 3.14. The molecule has 0 amide bonds. The monoisotopic (exact) mass is 208 g/mol. The maximum Gasteiger partial charge on any atom is 0.186 e. The molecular weight excluding hydrogens is 192 g/mol. The second kappa shape index (κ2) is 5.01. The Morgan fingerprint density at radius 1 is 1.14 bits per heavy atom. The summed E-state index contributed by atoms with van der Waals surface area (Å²) in [5.41, 5.74) is 0. The molecule has 6 nitrogen and oxygen atoms in total. The van der Waals surface area contributed by atoms with E-state index in [0.29, 0.717) is 0 Å². The van der Waals surface area contributed by atoms with Gasteiger partial charge >= 0.3 is 0 Å². The number of methoxy groups -OCH3 is 2. The van der Waals surface area contributed by atoms with E-state index in [1.54, 1.807) is 0 Å². The van der Waals surface area contributed by atoms with Gasteiger partial charge in [-0.25, -0.2) is 0 Å². The summed E-state index contributed by atoms with van der Waals surface area (Å²) in [6.45, 7) is -0.303. The van der Waals surface area contributed by atoms with E-state index in [2.05, 4.69) is 0 Å². The zero-order valence-corrected chi connectivity index (χ0v) is 8.16. The molecule has 0 spiro atoms. The summed E-state index contributed by atoms with van der Waals surface area (Å²) in [6, 6.07) is 0. The largest absolute Gasteiger partial charge is 0.394 e. The van der Waals surface area contributed by atoms with E-state index in [1.807, 2.05) is 0 Å². The zero-order chi connectivity index (χ0) is 10.7. The van der Waals surface area contributed by atoms with Crippen molar-refractivity contribution in [1.82, 2.24) is 0 Å². The quantitative estimate of drug-likeness (QED) is 0.501. The molecule has 1 aliphatic rings. The van der Waals surface area contributed by atoms with E-state index in [4.69, 9.17) is 19.3 Å². The van der Waals surface area contributed by atoms with Crippen LogP contribution in [0, 0.1) is 0 Å². The van der Waals surface area contributed by atoms with Crippen molar-refractivity contribution < 1.29 is 29.5 Å². The molecule has 1 aliphatic heterocycles. The van der Waals surface area contributed by atoms with Crippen LogP contribution in [-0.2, 0) is 14.2 Å². The Balaban J connectivity index is 2.71. The molecule has 1 fully saturated rings. The lowest BCUT2D eigenvalue weighted by atomic mass is 9.99. The Bertz CT molecular complexity index is 173. The second-order valence-corrected chi connectivity index (χ2v) is 3.14. The van der Waals surface area contributed by atoms with Gasteiger partial charge in [-0.2, -0.15) is 0 Å². The molecule has 1 saturated heterocycles. The van der Waals surface area contributed by atoms with Gasteiger partial charge in [-0.15, -0.1) is 0 Å². The van der Waals surface area contributed by atoms with Crippen molar-refractivity contribution in [3.05, 3.63) is 0 Å². The molecule has 1 rings (SSSR count). The molecule has 84 valence electrons. The maximum absolute atomic E-state index is 9.59. The minimum Gasteiger partial charge on any atom is -0.394 e. The van der Waals surface area contributed by atoms with E-state index < -0.39 is 30.7 Å². The minimum atomic E-state index is -1.17. The van der Waals surface area contributed by atoms with Crippen molar-refractivity contribution in [3.8, 4) is 0 Å². The van der Waals surface area contributed by atoms with Gasteiger partial charge in [-0.1, -0.05) is 0 Å². The number of aliphatic hydroxyl groups excluding tert-OH is 3. The van der Waals surface area contributed by atoms with Crippen LogP contribution < -0.4 is 0 Å². The van der Waals surface area contributed by atoms with Crippen LogP contribution >= 0.6 is 0 Å². The third kappa shape index (κ3) is 2.05. The summed E-state index contributed by atoms with van der Waals surface area (Å²) in [7, 11) is 2.72. The average Bonchev–Trinajstić information content (AvgIpc) is 2.21. The normalized spacial score (nSPS) is 43.9. The van der Waals surface area contributed by atoms with Crippen LogP contribution in [-0.4, -0.2) is 66.9 Å². The van der Waals surface area contributed by atoms with Crippen molar-refractivity contribution >= 4 is 0 Å². The van der Waals surface area contributed by atoms with Gasteiger partial charge in [0.05, 0.1) is 6.61 Å². The topological polar surface area (TPSA) is 88.4 Å². The first-order valence-electron chi connectivity index (χ1n) is 4.33. The Kier molecular flexibility index (Phi) is 4.24. The van der Waals surface area contributed by atoms with Gasteiger partial charge in [0.25, 0.3) is 0 Å². The van der Waals surface area contributed by atoms with Crippen LogP contribution in [0.3, 0.4) is 0 Å². The van der Waals surface area contributed by atoms with Gasteiger partial charge in [-0.05, 0) is 0 Å². The first kappa shape index (κ1) is 11.8. The average molecular weight is 208 g/mol. The van der Waals surface area contributed by atoms with Crippen LogP contribution in [0.5, 0.6) is 0 Å². The number of aliphatic hydroxyl groups is 3. The molecule has 0 bridgehead atoms. The van der Waals surface area contributed by atoms with Crippen LogP contribution in [0.4, 0.5) is 0 Å². The predicted molar refractivity (Wildman–Crippen MR) is 45.6 cm³/mol. The molecule has 0 radical (unpaired) electrons. The fraction of sp³-hybridized carbons (Fsp3) is 1.00. The molecular formula is C8H16O6. The zero-order valence-electron chi connectivity index (χ0n) is 8.16. The molecule has 3 N–H and O–H groups in total. The lowest BCUT2D eigenvalue weighted by Crippen LogP contribution is -2.59. The summed E-state index contributed by atoms with van der Waals surface area (Å²) < 4.78 is 14.9. The Morgan fingerprint density at radius 3 is 2.21 bits per heavy atom. The highest BCUT2D eigenvalue weighted by Gasteiger charge is 2.44. The highest BCUT2D eigenvalue weighted by atomic mass is 16.7. The highest BCUT2D eigenvalue weighted by molar-refractivity contribution is 4.89. The van der Waals surface area contributed by atoms with E-state index in [1.165, 1.54) is 14.2 Å². The van der Waals surface area contributed by atoms with Gasteiger partial charge in [0.15, 0.2) is 6.29 Å². The third-order valence-electron chi connectivity index (χ3n) is 2.33. The van der Waals surface area contributed by atoms with Gasteiger partial charge in [0, 0.05) is 14.2 Å². The van der Waals surface area contributed by atoms with Crippen LogP contribution in [0.15, 0.2) is 0 Å². The number of ether oxygens (including phenoxy) is 3. The van der Waals surface area contributed by atoms with Crippen molar-refractivity contribution in [2.75, 3.05) is 20.8 Å². The predicted octanol–water partition coefficient (Wildman–Crippen LogP) is -1.91. The fourth-order valence-corrected chi connectivity index (χ4v) is 1.54. The summed E-state index contributed by atoms with van der Waals surface area (Å²) in [4.78, 5) is 0. The van der Waals surface area contributed by atoms with Gasteiger partial charge < -0.3 is 29.5 Å². The molecule has 0 aliphatic carbocycles. The van der Waals surface area contributed by atoms with E-state index in [0.717, 1.165) is 0 Å². The van der Waals surface area contributed by atoms with Crippen LogP contribution in [0.25, 0.3) is 0 Å². The van der Waals surface area contributed by atoms with E-state index in [-0.39, 0.29) is 6.61 Å². The molecule has 5 atom stereocenters. The van der Waals surface area contributed by atoms with Crippen LogP contribution in [0.2, 0.25) is 0 Å². The maximum atomic E-state index is 9.59. The molecule has 14 heavy (non-hydrogen) atoms. The van der Waals surface area contributed by atoms with Crippen molar-refractivity contribution in [2.24, 2.45) is 0 Å². The summed E-state index contributed by atoms with van der Waals surface area (Å²) in [6.07, 6.45) is -4.68. The highest BCUT2D eigenvalue weighted by Crippen LogP contribution is 2.23.